The summed E-state index contributed by atoms with van der Waals surface area (Å²) in [5.41, 5.74) is 1.01. The second kappa shape index (κ2) is 9.54. The Kier molecular flexibility index (Phi) is 7.97. The first kappa shape index (κ1) is 16.7. The van der Waals surface area contributed by atoms with Crippen LogP contribution in [0.1, 0.15) is 44.6 Å². The van der Waals surface area contributed by atoms with Crippen molar-refractivity contribution in [3.05, 3.63) is 35.9 Å². The number of carbonyl (C=O) groups excluding carboxylic acids is 1. The lowest BCUT2D eigenvalue weighted by atomic mass is 9.99. The van der Waals surface area contributed by atoms with Crippen molar-refractivity contribution in [1.29, 1.82) is 0 Å². The maximum Gasteiger partial charge on any atom is 0.314 e. The number of hydrogen-bond acceptors (Lipinski definition) is 3. The van der Waals surface area contributed by atoms with Gasteiger partial charge in [-0.2, -0.15) is 0 Å². The molecule has 1 atom stereocenters. The van der Waals surface area contributed by atoms with Crippen LogP contribution in [0.15, 0.2) is 30.3 Å². The van der Waals surface area contributed by atoms with Crippen LogP contribution in [-0.2, 0) is 9.53 Å². The molecule has 1 aromatic rings. The summed E-state index contributed by atoms with van der Waals surface area (Å²) in [5.74, 6) is 0.374. The van der Waals surface area contributed by atoms with E-state index in [9.17, 15) is 4.79 Å². The van der Waals surface area contributed by atoms with Gasteiger partial charge < -0.3 is 10.1 Å². The lowest BCUT2D eigenvalue weighted by Crippen LogP contribution is -2.28. The smallest absolute Gasteiger partial charge is 0.314 e. The number of ether oxygens (including phenoxy) is 1. The third kappa shape index (κ3) is 6.20. The molecule has 0 radical (unpaired) electrons. The van der Waals surface area contributed by atoms with Crippen molar-refractivity contribution in [2.24, 2.45) is 5.92 Å². The number of methoxy groups -OCH3 is 1. The Labute approximate surface area is 122 Å². The van der Waals surface area contributed by atoms with Gasteiger partial charge in [-0.1, -0.05) is 57.0 Å². The zero-order chi connectivity index (χ0) is 14.8. The molecule has 3 nitrogen and oxygen atoms in total. The monoisotopic (exact) mass is 277 g/mol. The Hall–Kier alpha value is -1.35. The van der Waals surface area contributed by atoms with E-state index in [0.29, 0.717) is 6.54 Å². The average Bonchev–Trinajstić information content (AvgIpc) is 2.46. The van der Waals surface area contributed by atoms with E-state index >= 15 is 0 Å². The third-order valence-electron chi connectivity index (χ3n) is 3.42. The molecule has 0 bridgehead atoms. The molecule has 1 aromatic carbocycles. The fraction of sp³-hybridized carbons (Fsp3) is 0.588. The summed E-state index contributed by atoms with van der Waals surface area (Å²) in [6.45, 7) is 6.08. The fourth-order valence-corrected chi connectivity index (χ4v) is 2.21. The Morgan fingerprint density at radius 1 is 1.20 bits per heavy atom. The minimum Gasteiger partial charge on any atom is -0.469 e. The SMILES string of the molecule is COC(=O)C(CNCCCCC(C)C)c1ccccc1. The highest BCUT2D eigenvalue weighted by molar-refractivity contribution is 5.78. The van der Waals surface area contributed by atoms with Crippen LogP contribution < -0.4 is 5.32 Å². The van der Waals surface area contributed by atoms with E-state index in [1.54, 1.807) is 0 Å². The molecule has 0 aliphatic rings. The molecule has 0 amide bonds. The van der Waals surface area contributed by atoms with Gasteiger partial charge in [-0.15, -0.1) is 0 Å². The first-order valence-corrected chi connectivity index (χ1v) is 7.48. The van der Waals surface area contributed by atoms with Crippen LogP contribution in [0.2, 0.25) is 0 Å². The first-order chi connectivity index (χ1) is 9.65. The molecule has 3 heteroatoms. The van der Waals surface area contributed by atoms with Gasteiger partial charge in [-0.25, -0.2) is 0 Å². The quantitative estimate of drug-likeness (QED) is 0.555. The van der Waals surface area contributed by atoms with Gasteiger partial charge in [-0.05, 0) is 24.4 Å². The summed E-state index contributed by atoms with van der Waals surface area (Å²) in [7, 11) is 1.45. The number of rotatable bonds is 9. The lowest BCUT2D eigenvalue weighted by molar-refractivity contribution is -0.142. The topological polar surface area (TPSA) is 38.3 Å². The standard InChI is InChI=1S/C17H27NO2/c1-14(2)9-7-8-12-18-13-16(17(19)20-3)15-10-5-4-6-11-15/h4-6,10-11,14,16,18H,7-9,12-13H2,1-3H3. The molecule has 0 fully saturated rings. The molecule has 0 aliphatic carbocycles. The summed E-state index contributed by atoms with van der Waals surface area (Å²) < 4.78 is 4.90. The highest BCUT2D eigenvalue weighted by Crippen LogP contribution is 2.16. The molecular weight excluding hydrogens is 250 g/mol. The second-order valence-electron chi connectivity index (χ2n) is 5.58. The van der Waals surface area contributed by atoms with Gasteiger partial charge in [-0.3, -0.25) is 4.79 Å². The van der Waals surface area contributed by atoms with Crippen LogP contribution in [0, 0.1) is 5.92 Å². The number of carbonyl (C=O) groups is 1. The zero-order valence-electron chi connectivity index (χ0n) is 12.9. The van der Waals surface area contributed by atoms with Crippen LogP contribution in [0.25, 0.3) is 0 Å². The Morgan fingerprint density at radius 3 is 2.50 bits per heavy atom. The summed E-state index contributed by atoms with van der Waals surface area (Å²) in [6.07, 6.45) is 3.65. The molecule has 1 rings (SSSR count). The number of esters is 1. The van der Waals surface area contributed by atoms with E-state index in [0.717, 1.165) is 24.4 Å². The molecule has 112 valence electrons. The van der Waals surface area contributed by atoms with Crippen LogP contribution in [-0.4, -0.2) is 26.2 Å². The van der Waals surface area contributed by atoms with Crippen LogP contribution in [0.5, 0.6) is 0 Å². The molecule has 1 N–H and O–H groups in total. The molecule has 0 spiro atoms. The van der Waals surface area contributed by atoms with Crippen molar-refractivity contribution >= 4 is 5.97 Å². The van der Waals surface area contributed by atoms with Gasteiger partial charge in [0.15, 0.2) is 0 Å². The Balaban J connectivity index is 2.37. The van der Waals surface area contributed by atoms with E-state index in [2.05, 4.69) is 19.2 Å². The molecule has 0 saturated heterocycles. The normalized spacial score (nSPS) is 12.4. The molecule has 0 aromatic heterocycles. The van der Waals surface area contributed by atoms with Crippen LogP contribution >= 0.6 is 0 Å². The van der Waals surface area contributed by atoms with Crippen molar-refractivity contribution in [2.45, 2.75) is 39.0 Å². The summed E-state index contributed by atoms with van der Waals surface area (Å²) in [5, 5.41) is 3.37. The van der Waals surface area contributed by atoms with Crippen LogP contribution in [0.3, 0.4) is 0 Å². The highest BCUT2D eigenvalue weighted by Gasteiger charge is 2.20. The Bertz CT molecular complexity index is 376. The van der Waals surface area contributed by atoms with Gasteiger partial charge in [0.1, 0.15) is 0 Å². The van der Waals surface area contributed by atoms with Crippen molar-refractivity contribution in [1.82, 2.24) is 5.32 Å². The van der Waals surface area contributed by atoms with E-state index in [1.807, 2.05) is 30.3 Å². The van der Waals surface area contributed by atoms with Gasteiger partial charge in [0.05, 0.1) is 13.0 Å². The van der Waals surface area contributed by atoms with Gasteiger partial charge in [0, 0.05) is 6.54 Å². The van der Waals surface area contributed by atoms with E-state index in [1.165, 1.54) is 20.0 Å². The average molecular weight is 277 g/mol. The third-order valence-corrected chi connectivity index (χ3v) is 3.42. The number of hydrogen-bond donors (Lipinski definition) is 1. The van der Waals surface area contributed by atoms with Crippen LogP contribution in [0.4, 0.5) is 0 Å². The van der Waals surface area contributed by atoms with Crippen molar-refractivity contribution in [2.75, 3.05) is 20.2 Å². The Morgan fingerprint density at radius 2 is 1.90 bits per heavy atom. The summed E-state index contributed by atoms with van der Waals surface area (Å²) in [4.78, 5) is 11.9. The van der Waals surface area contributed by atoms with Crippen molar-refractivity contribution in [3.8, 4) is 0 Å². The number of benzene rings is 1. The van der Waals surface area contributed by atoms with E-state index < -0.39 is 0 Å². The maximum absolute atomic E-state index is 11.9. The predicted molar refractivity (Wildman–Crippen MR) is 82.8 cm³/mol. The van der Waals surface area contributed by atoms with Gasteiger partial charge in [0.2, 0.25) is 0 Å². The minimum atomic E-state index is -0.216. The van der Waals surface area contributed by atoms with Gasteiger partial charge >= 0.3 is 5.97 Å². The maximum atomic E-state index is 11.9. The fourth-order valence-electron chi connectivity index (χ4n) is 2.21. The predicted octanol–water partition coefficient (Wildman–Crippen LogP) is 3.36. The summed E-state index contributed by atoms with van der Waals surface area (Å²) in [6, 6.07) is 9.81. The lowest BCUT2D eigenvalue weighted by Gasteiger charge is -2.16. The number of nitrogens with one attached hydrogen (secondary N) is 1. The zero-order valence-corrected chi connectivity index (χ0v) is 12.9. The van der Waals surface area contributed by atoms with Gasteiger partial charge in [0.25, 0.3) is 0 Å². The van der Waals surface area contributed by atoms with E-state index in [-0.39, 0.29) is 11.9 Å². The van der Waals surface area contributed by atoms with Crippen molar-refractivity contribution < 1.29 is 9.53 Å². The molecule has 0 heterocycles. The molecular formula is C17H27NO2. The number of unbranched alkanes of at least 4 members (excludes halogenated alkanes) is 1. The second-order valence-corrected chi connectivity index (χ2v) is 5.58. The van der Waals surface area contributed by atoms with Crippen molar-refractivity contribution in [3.63, 3.8) is 0 Å². The highest BCUT2D eigenvalue weighted by atomic mass is 16.5. The molecule has 1 unspecified atom stereocenters. The largest absolute Gasteiger partial charge is 0.469 e. The summed E-state index contributed by atoms with van der Waals surface area (Å²) >= 11 is 0. The minimum absolute atomic E-state index is 0.175. The first-order valence-electron chi connectivity index (χ1n) is 7.48. The van der Waals surface area contributed by atoms with E-state index in [4.69, 9.17) is 4.74 Å². The molecule has 0 saturated carbocycles. The molecule has 20 heavy (non-hydrogen) atoms. The molecule has 0 aliphatic heterocycles.